The molecular weight excluding hydrogens is 332 g/mol. The molecule has 0 amide bonds. The van der Waals surface area contributed by atoms with Gasteiger partial charge in [-0.25, -0.2) is 0 Å². The number of rotatable bonds is 1. The molecule has 0 aromatic heterocycles. The van der Waals surface area contributed by atoms with E-state index >= 15 is 0 Å². The van der Waals surface area contributed by atoms with E-state index < -0.39 is 0 Å². The number of hydrogen-bond donors (Lipinski definition) is 3. The lowest BCUT2D eigenvalue weighted by atomic mass is 9.45. The third-order valence-corrected chi connectivity index (χ3v) is 9.47. The molecule has 3 heteroatoms. The van der Waals surface area contributed by atoms with Crippen molar-refractivity contribution in [2.45, 2.75) is 71.4 Å². The van der Waals surface area contributed by atoms with Gasteiger partial charge < -0.3 is 15.7 Å². The van der Waals surface area contributed by atoms with E-state index in [1.54, 1.807) is 11.1 Å². The Hall–Kier alpha value is -0.640. The number of allylic oxidation sites excluding steroid dienone is 2. The molecule has 1 unspecified atom stereocenters. The molecule has 1 saturated heterocycles. The normalized spacial score (nSPS) is 52.3. The summed E-state index contributed by atoms with van der Waals surface area (Å²) in [5, 5.41) is 17.6. The molecular formula is C24H38N2O. The fourth-order valence-corrected chi connectivity index (χ4v) is 8.02. The number of fused-ring (bicyclic) bond motifs is 5. The highest BCUT2D eigenvalue weighted by Gasteiger charge is 2.58. The van der Waals surface area contributed by atoms with Gasteiger partial charge in [0.1, 0.15) is 0 Å². The van der Waals surface area contributed by atoms with Crippen molar-refractivity contribution in [3.63, 3.8) is 0 Å². The molecule has 0 aromatic carbocycles. The van der Waals surface area contributed by atoms with Crippen LogP contribution in [-0.4, -0.2) is 36.9 Å². The summed E-state index contributed by atoms with van der Waals surface area (Å²) in [7, 11) is 0. The first-order valence-electron chi connectivity index (χ1n) is 11.5. The maximum atomic E-state index is 10.3. The first-order chi connectivity index (χ1) is 12.9. The van der Waals surface area contributed by atoms with E-state index in [4.69, 9.17) is 0 Å². The van der Waals surface area contributed by atoms with Gasteiger partial charge in [0.25, 0.3) is 0 Å². The van der Waals surface area contributed by atoms with Crippen LogP contribution in [0.25, 0.3) is 0 Å². The van der Waals surface area contributed by atoms with Crippen LogP contribution in [0.3, 0.4) is 0 Å². The van der Waals surface area contributed by atoms with E-state index in [-0.39, 0.29) is 6.10 Å². The van der Waals surface area contributed by atoms with E-state index in [0.717, 1.165) is 50.2 Å². The Bertz CT molecular complexity index is 663. The molecule has 4 aliphatic carbocycles. The van der Waals surface area contributed by atoms with Crippen LogP contribution in [0, 0.1) is 34.5 Å². The summed E-state index contributed by atoms with van der Waals surface area (Å²) in [6, 6.07) is 0.538. The predicted octanol–water partition coefficient (Wildman–Crippen LogP) is 3.65. The SMILES string of the molecule is C[C@H]1C=C2C[C@@H](O)CC[C@]2(C)[C@H]2CC[C@]3(C)C(C4CNCCN4)=CC[C@H]3[C@H]12. The predicted molar refractivity (Wildman–Crippen MR) is 110 cm³/mol. The van der Waals surface area contributed by atoms with Gasteiger partial charge in [0.2, 0.25) is 0 Å². The fourth-order valence-electron chi connectivity index (χ4n) is 8.02. The van der Waals surface area contributed by atoms with Gasteiger partial charge in [-0.2, -0.15) is 0 Å². The van der Waals surface area contributed by atoms with Gasteiger partial charge in [-0.1, -0.05) is 38.5 Å². The maximum Gasteiger partial charge on any atom is 0.0577 e. The van der Waals surface area contributed by atoms with E-state index in [2.05, 4.69) is 43.6 Å². The monoisotopic (exact) mass is 370 g/mol. The average Bonchev–Trinajstić information content (AvgIpc) is 3.01. The standard InChI is InChI=1S/C24H38N2O/c1-15-12-16-13-17(27)6-8-23(16,2)20-7-9-24(3)18(4-5-19(24)22(15)20)21-14-25-10-11-26-21/h4,12,15,17,19-22,25-27H,5-11,13-14H2,1-3H3/t15-,17-,19-,20-,21?,22-,23-,24+/m0/s1. The quantitative estimate of drug-likeness (QED) is 0.617. The summed E-state index contributed by atoms with van der Waals surface area (Å²) in [5.41, 5.74) is 4.01. The molecule has 27 heavy (non-hydrogen) atoms. The van der Waals surface area contributed by atoms with Gasteiger partial charge in [-0.3, -0.25) is 0 Å². The molecule has 5 aliphatic rings. The molecule has 150 valence electrons. The highest BCUT2D eigenvalue weighted by Crippen LogP contribution is 2.66. The summed E-state index contributed by atoms with van der Waals surface area (Å²) in [6.07, 6.45) is 12.2. The molecule has 0 spiro atoms. The minimum Gasteiger partial charge on any atom is -0.393 e. The van der Waals surface area contributed by atoms with Crippen molar-refractivity contribution in [2.24, 2.45) is 34.5 Å². The zero-order valence-electron chi connectivity index (χ0n) is 17.4. The van der Waals surface area contributed by atoms with Crippen molar-refractivity contribution in [3.8, 4) is 0 Å². The van der Waals surface area contributed by atoms with Crippen LogP contribution >= 0.6 is 0 Å². The Kier molecular flexibility index (Phi) is 4.38. The number of aliphatic hydroxyl groups is 1. The summed E-state index contributed by atoms with van der Waals surface area (Å²) < 4.78 is 0. The molecule has 3 nitrogen and oxygen atoms in total. The lowest BCUT2D eigenvalue weighted by molar-refractivity contribution is -0.0494. The molecule has 2 saturated carbocycles. The van der Waals surface area contributed by atoms with Crippen LogP contribution in [0.5, 0.6) is 0 Å². The topological polar surface area (TPSA) is 44.3 Å². The Labute approximate surface area is 165 Å². The summed E-state index contributed by atoms with van der Waals surface area (Å²) >= 11 is 0. The highest BCUT2D eigenvalue weighted by molar-refractivity contribution is 5.33. The number of piperazine rings is 1. The van der Waals surface area contributed by atoms with Crippen molar-refractivity contribution >= 4 is 0 Å². The van der Waals surface area contributed by atoms with E-state index in [0.29, 0.717) is 22.8 Å². The van der Waals surface area contributed by atoms with Crippen LogP contribution in [0.4, 0.5) is 0 Å². The van der Waals surface area contributed by atoms with Gasteiger partial charge in [0, 0.05) is 25.7 Å². The average molecular weight is 371 g/mol. The molecule has 0 radical (unpaired) electrons. The second-order valence-electron chi connectivity index (χ2n) is 10.7. The van der Waals surface area contributed by atoms with Crippen molar-refractivity contribution in [1.82, 2.24) is 10.6 Å². The molecule has 3 fully saturated rings. The van der Waals surface area contributed by atoms with Crippen molar-refractivity contribution in [2.75, 3.05) is 19.6 Å². The molecule has 3 N–H and O–H groups in total. The Morgan fingerprint density at radius 3 is 2.67 bits per heavy atom. The van der Waals surface area contributed by atoms with Crippen LogP contribution in [0.2, 0.25) is 0 Å². The molecule has 8 atom stereocenters. The van der Waals surface area contributed by atoms with Crippen LogP contribution in [0.15, 0.2) is 23.3 Å². The summed E-state index contributed by atoms with van der Waals surface area (Å²) in [5.74, 6) is 3.06. The van der Waals surface area contributed by atoms with Crippen LogP contribution < -0.4 is 10.6 Å². The van der Waals surface area contributed by atoms with Crippen molar-refractivity contribution in [1.29, 1.82) is 0 Å². The van der Waals surface area contributed by atoms with Crippen molar-refractivity contribution in [3.05, 3.63) is 23.3 Å². The summed E-state index contributed by atoms with van der Waals surface area (Å²) in [6.45, 7) is 10.9. The second-order valence-corrected chi connectivity index (χ2v) is 10.7. The van der Waals surface area contributed by atoms with E-state index in [1.165, 1.54) is 25.7 Å². The minimum atomic E-state index is -0.105. The third kappa shape index (κ3) is 2.64. The van der Waals surface area contributed by atoms with Crippen LogP contribution in [-0.2, 0) is 0 Å². The molecule has 1 aliphatic heterocycles. The smallest absolute Gasteiger partial charge is 0.0577 e. The zero-order valence-corrected chi connectivity index (χ0v) is 17.4. The second kappa shape index (κ2) is 6.43. The van der Waals surface area contributed by atoms with Gasteiger partial charge >= 0.3 is 0 Å². The molecule has 0 bridgehead atoms. The van der Waals surface area contributed by atoms with E-state index in [9.17, 15) is 5.11 Å². The molecule has 1 heterocycles. The highest BCUT2D eigenvalue weighted by atomic mass is 16.3. The Morgan fingerprint density at radius 2 is 1.89 bits per heavy atom. The number of nitrogens with one attached hydrogen (secondary N) is 2. The Balaban J connectivity index is 1.46. The third-order valence-electron chi connectivity index (χ3n) is 9.47. The first-order valence-corrected chi connectivity index (χ1v) is 11.5. The Morgan fingerprint density at radius 1 is 1.07 bits per heavy atom. The first kappa shape index (κ1) is 18.4. The maximum absolute atomic E-state index is 10.3. The number of hydrogen-bond acceptors (Lipinski definition) is 3. The molecule has 5 rings (SSSR count). The largest absolute Gasteiger partial charge is 0.393 e. The van der Waals surface area contributed by atoms with Crippen molar-refractivity contribution < 1.29 is 5.11 Å². The minimum absolute atomic E-state index is 0.105. The lowest BCUT2D eigenvalue weighted by Gasteiger charge is -2.60. The van der Waals surface area contributed by atoms with Gasteiger partial charge in [0.05, 0.1) is 6.10 Å². The molecule has 0 aromatic rings. The van der Waals surface area contributed by atoms with Crippen LogP contribution in [0.1, 0.15) is 59.3 Å². The zero-order chi connectivity index (χ0) is 18.8. The van der Waals surface area contributed by atoms with Gasteiger partial charge in [-0.15, -0.1) is 0 Å². The van der Waals surface area contributed by atoms with Gasteiger partial charge in [-0.05, 0) is 78.6 Å². The number of aliphatic hydroxyl groups excluding tert-OH is 1. The van der Waals surface area contributed by atoms with E-state index in [1.807, 2.05) is 0 Å². The lowest BCUT2D eigenvalue weighted by Crippen LogP contribution is -2.55. The fraction of sp³-hybridized carbons (Fsp3) is 0.833. The summed E-state index contributed by atoms with van der Waals surface area (Å²) in [4.78, 5) is 0. The van der Waals surface area contributed by atoms with Gasteiger partial charge in [0.15, 0.2) is 0 Å².